The molecule has 0 fully saturated rings. The van der Waals surface area contributed by atoms with Crippen LogP contribution < -0.4 is 5.32 Å². The van der Waals surface area contributed by atoms with Gasteiger partial charge in [-0.1, -0.05) is 23.7 Å². The van der Waals surface area contributed by atoms with E-state index >= 15 is 0 Å². The number of halogens is 1. The second-order valence-corrected chi connectivity index (χ2v) is 7.26. The number of rotatable bonds is 5. The number of hydrogen-bond donors (Lipinski definition) is 1. The van der Waals surface area contributed by atoms with E-state index in [2.05, 4.69) is 10.4 Å². The highest BCUT2D eigenvalue weighted by molar-refractivity contribution is 6.31. The molecule has 0 aliphatic heterocycles. The predicted octanol–water partition coefficient (Wildman–Crippen LogP) is 4.55. The maximum absolute atomic E-state index is 12.2. The summed E-state index contributed by atoms with van der Waals surface area (Å²) in [6.45, 7) is 7.19. The van der Waals surface area contributed by atoms with Gasteiger partial charge in [0.05, 0.1) is 27.7 Å². The van der Waals surface area contributed by atoms with Crippen molar-refractivity contribution in [3.8, 4) is 5.69 Å². The molecule has 0 radical (unpaired) electrons. The molecule has 0 atom stereocenters. The lowest BCUT2D eigenvalue weighted by molar-refractivity contribution is -0.119. The molecule has 0 aliphatic carbocycles. The van der Waals surface area contributed by atoms with Gasteiger partial charge in [0, 0.05) is 5.69 Å². The molecule has 0 saturated carbocycles. The molecule has 7 heteroatoms. The van der Waals surface area contributed by atoms with Crippen molar-refractivity contribution in [1.82, 2.24) is 9.78 Å². The molecule has 0 bridgehead atoms. The first-order valence-corrected chi connectivity index (χ1v) is 9.50. The summed E-state index contributed by atoms with van der Waals surface area (Å²) in [4.78, 5) is 24.4. The number of aryl methyl sites for hydroxylation is 3. The molecule has 1 N–H and O–H groups in total. The van der Waals surface area contributed by atoms with Crippen LogP contribution in [0, 0.1) is 27.7 Å². The number of nitrogens with zero attached hydrogens (tertiary/aromatic N) is 2. The minimum atomic E-state index is -0.570. The van der Waals surface area contributed by atoms with Crippen molar-refractivity contribution in [2.75, 3.05) is 11.9 Å². The lowest BCUT2D eigenvalue weighted by Gasteiger charge is -2.10. The summed E-state index contributed by atoms with van der Waals surface area (Å²) >= 11 is 6.18. The number of carbonyl (C=O) groups excluding carboxylic acids is 2. The minimum absolute atomic E-state index is 0.348. The Morgan fingerprint density at radius 1 is 1.07 bits per heavy atom. The Morgan fingerprint density at radius 2 is 1.76 bits per heavy atom. The number of anilines is 1. The van der Waals surface area contributed by atoms with Crippen molar-refractivity contribution < 1.29 is 14.3 Å². The van der Waals surface area contributed by atoms with Gasteiger partial charge >= 0.3 is 5.97 Å². The summed E-state index contributed by atoms with van der Waals surface area (Å²) in [6.07, 6.45) is 0. The van der Waals surface area contributed by atoms with Gasteiger partial charge in [-0.3, -0.25) is 4.79 Å². The van der Waals surface area contributed by atoms with Crippen LogP contribution in [-0.2, 0) is 9.53 Å². The molecule has 2 aromatic carbocycles. The van der Waals surface area contributed by atoms with Crippen LogP contribution in [0.3, 0.4) is 0 Å². The van der Waals surface area contributed by atoms with E-state index in [4.69, 9.17) is 16.3 Å². The Balaban J connectivity index is 1.61. The van der Waals surface area contributed by atoms with Crippen molar-refractivity contribution in [3.63, 3.8) is 0 Å². The Morgan fingerprint density at radius 3 is 2.38 bits per heavy atom. The summed E-state index contributed by atoms with van der Waals surface area (Å²) < 4.78 is 6.84. The highest BCUT2D eigenvalue weighted by Crippen LogP contribution is 2.22. The number of ether oxygens (including phenoxy) is 1. The molecular formula is C22H22ClN3O3. The summed E-state index contributed by atoms with van der Waals surface area (Å²) in [6, 6.07) is 12.5. The molecular weight excluding hydrogens is 390 g/mol. The van der Waals surface area contributed by atoms with Gasteiger partial charge in [0.25, 0.3) is 5.91 Å². The number of esters is 1. The lowest BCUT2D eigenvalue weighted by atomic mass is 10.1. The molecule has 0 unspecified atom stereocenters. The van der Waals surface area contributed by atoms with E-state index in [1.54, 1.807) is 28.9 Å². The quantitative estimate of drug-likeness (QED) is 0.625. The molecule has 1 amide bonds. The second-order valence-electron chi connectivity index (χ2n) is 6.89. The molecule has 150 valence electrons. The first kappa shape index (κ1) is 20.6. The SMILES string of the molecule is Cc1ccc(C)c(NC(=O)COC(=O)c2ccc(-n3nc(C)c(Cl)c3C)cc2)c1. The lowest BCUT2D eigenvalue weighted by Crippen LogP contribution is -2.21. The first-order chi connectivity index (χ1) is 13.8. The van der Waals surface area contributed by atoms with Gasteiger partial charge in [-0.05, 0) is 69.2 Å². The molecule has 0 spiro atoms. The van der Waals surface area contributed by atoms with Crippen molar-refractivity contribution in [3.05, 3.63) is 75.6 Å². The Hall–Kier alpha value is -3.12. The van der Waals surface area contributed by atoms with Gasteiger partial charge in [-0.25, -0.2) is 9.48 Å². The number of carbonyl (C=O) groups is 2. The number of aromatic nitrogens is 2. The maximum atomic E-state index is 12.2. The van der Waals surface area contributed by atoms with Crippen LogP contribution >= 0.6 is 11.6 Å². The van der Waals surface area contributed by atoms with Crippen LogP contribution in [0.5, 0.6) is 0 Å². The highest BCUT2D eigenvalue weighted by atomic mass is 35.5. The van der Waals surface area contributed by atoms with Gasteiger partial charge in [-0.2, -0.15) is 5.10 Å². The van der Waals surface area contributed by atoms with E-state index in [1.165, 1.54) is 0 Å². The minimum Gasteiger partial charge on any atom is -0.452 e. The van der Waals surface area contributed by atoms with E-state index in [0.717, 1.165) is 28.2 Å². The molecule has 6 nitrogen and oxygen atoms in total. The topological polar surface area (TPSA) is 73.2 Å². The molecule has 29 heavy (non-hydrogen) atoms. The van der Waals surface area contributed by atoms with Crippen LogP contribution in [-0.4, -0.2) is 28.3 Å². The smallest absolute Gasteiger partial charge is 0.338 e. The monoisotopic (exact) mass is 411 g/mol. The fraction of sp³-hybridized carbons (Fsp3) is 0.227. The largest absolute Gasteiger partial charge is 0.452 e. The standard InChI is InChI=1S/C22H22ClN3O3/c1-13-5-6-14(2)19(11-13)24-20(27)12-29-22(28)17-7-9-18(10-8-17)26-16(4)21(23)15(3)25-26/h5-11H,12H2,1-4H3,(H,24,27). The van der Waals surface area contributed by atoms with Gasteiger partial charge < -0.3 is 10.1 Å². The fourth-order valence-electron chi connectivity index (χ4n) is 2.89. The third kappa shape index (κ3) is 4.66. The van der Waals surface area contributed by atoms with E-state index < -0.39 is 5.97 Å². The Labute approximate surface area is 174 Å². The van der Waals surface area contributed by atoms with Crippen molar-refractivity contribution >= 4 is 29.2 Å². The van der Waals surface area contributed by atoms with Crippen LogP contribution in [0.15, 0.2) is 42.5 Å². The molecule has 1 aromatic heterocycles. The summed E-state index contributed by atoms with van der Waals surface area (Å²) in [5.74, 6) is -0.958. The Bertz CT molecular complexity index is 1070. The number of amides is 1. The number of nitrogens with one attached hydrogen (secondary N) is 1. The zero-order valence-corrected chi connectivity index (χ0v) is 17.5. The van der Waals surface area contributed by atoms with Crippen molar-refractivity contribution in [2.24, 2.45) is 0 Å². The Kier molecular flexibility index (Phi) is 6.03. The molecule has 3 aromatic rings. The van der Waals surface area contributed by atoms with E-state index in [0.29, 0.717) is 16.3 Å². The van der Waals surface area contributed by atoms with Crippen molar-refractivity contribution in [2.45, 2.75) is 27.7 Å². The van der Waals surface area contributed by atoms with E-state index in [-0.39, 0.29) is 12.5 Å². The molecule has 0 aliphatic rings. The van der Waals surface area contributed by atoms with Crippen LogP contribution in [0.2, 0.25) is 5.02 Å². The van der Waals surface area contributed by atoms with Gasteiger partial charge in [0.1, 0.15) is 0 Å². The summed E-state index contributed by atoms with van der Waals surface area (Å²) in [5, 5.41) is 7.76. The summed E-state index contributed by atoms with van der Waals surface area (Å²) in [7, 11) is 0. The van der Waals surface area contributed by atoms with Gasteiger partial charge in [-0.15, -0.1) is 0 Å². The van der Waals surface area contributed by atoms with Gasteiger partial charge in [0.15, 0.2) is 6.61 Å². The second kappa shape index (κ2) is 8.49. The molecule has 3 rings (SSSR count). The average Bonchev–Trinajstić information content (AvgIpc) is 2.96. The third-order valence-corrected chi connectivity index (χ3v) is 5.10. The number of hydrogen-bond acceptors (Lipinski definition) is 4. The predicted molar refractivity (Wildman–Crippen MR) is 113 cm³/mol. The van der Waals surface area contributed by atoms with Crippen LogP contribution in [0.4, 0.5) is 5.69 Å². The van der Waals surface area contributed by atoms with Crippen LogP contribution in [0.25, 0.3) is 5.69 Å². The van der Waals surface area contributed by atoms with E-state index in [1.807, 2.05) is 45.9 Å². The van der Waals surface area contributed by atoms with E-state index in [9.17, 15) is 9.59 Å². The number of benzene rings is 2. The van der Waals surface area contributed by atoms with Crippen molar-refractivity contribution in [1.29, 1.82) is 0 Å². The molecule has 0 saturated heterocycles. The maximum Gasteiger partial charge on any atom is 0.338 e. The van der Waals surface area contributed by atoms with Crippen LogP contribution in [0.1, 0.15) is 32.9 Å². The normalized spacial score (nSPS) is 10.7. The first-order valence-electron chi connectivity index (χ1n) is 9.12. The fourth-order valence-corrected chi connectivity index (χ4v) is 3.00. The third-order valence-electron chi connectivity index (χ3n) is 4.55. The summed E-state index contributed by atoms with van der Waals surface area (Å²) in [5.41, 5.74) is 5.37. The van der Waals surface area contributed by atoms with Gasteiger partial charge in [0.2, 0.25) is 0 Å². The average molecular weight is 412 g/mol. The highest BCUT2D eigenvalue weighted by Gasteiger charge is 2.14. The molecule has 1 heterocycles. The zero-order valence-electron chi connectivity index (χ0n) is 16.7. The zero-order chi connectivity index (χ0) is 21.1.